The van der Waals surface area contributed by atoms with Crippen molar-refractivity contribution in [1.29, 1.82) is 0 Å². The van der Waals surface area contributed by atoms with Crippen LogP contribution in [0.2, 0.25) is 0 Å². The van der Waals surface area contributed by atoms with Crippen molar-refractivity contribution < 1.29 is 4.74 Å². The van der Waals surface area contributed by atoms with E-state index < -0.39 is 0 Å². The van der Waals surface area contributed by atoms with Crippen LogP contribution in [0.4, 0.5) is 0 Å². The van der Waals surface area contributed by atoms with Gasteiger partial charge in [0.25, 0.3) is 0 Å². The monoisotopic (exact) mass is 250 g/mol. The average Bonchev–Trinajstić information content (AvgIpc) is 2.32. The topological polar surface area (TPSA) is 38.5 Å². The van der Waals surface area contributed by atoms with Gasteiger partial charge in [0.2, 0.25) is 0 Å². The van der Waals surface area contributed by atoms with Crippen LogP contribution >= 0.6 is 0 Å². The molecule has 0 aliphatic carbocycles. The van der Waals surface area contributed by atoms with E-state index in [1.54, 1.807) is 0 Å². The lowest BCUT2D eigenvalue weighted by Crippen LogP contribution is -2.21. The minimum atomic E-state index is 0.433. The Labute approximate surface area is 111 Å². The van der Waals surface area contributed by atoms with Crippen molar-refractivity contribution in [2.75, 3.05) is 27.2 Å². The predicted octanol–water partition coefficient (Wildman–Crippen LogP) is 2.74. The Kier molecular flexibility index (Phi) is 6.16. The maximum atomic E-state index is 5.61. The van der Waals surface area contributed by atoms with Gasteiger partial charge in [0.15, 0.2) is 0 Å². The lowest BCUT2D eigenvalue weighted by Gasteiger charge is -2.25. The van der Waals surface area contributed by atoms with E-state index in [0.717, 1.165) is 25.1 Å². The summed E-state index contributed by atoms with van der Waals surface area (Å²) in [7, 11) is 4.24. The number of nitrogens with zero attached hydrogens (tertiary/aromatic N) is 1. The lowest BCUT2D eigenvalue weighted by molar-refractivity contribution is 0.279. The normalized spacial score (nSPS) is 12.8. The first kappa shape index (κ1) is 15.0. The van der Waals surface area contributed by atoms with E-state index in [2.05, 4.69) is 44.1 Å². The summed E-state index contributed by atoms with van der Waals surface area (Å²) in [6.07, 6.45) is 2.14. The van der Waals surface area contributed by atoms with Crippen LogP contribution in [0.25, 0.3) is 0 Å². The van der Waals surface area contributed by atoms with Crippen molar-refractivity contribution in [3.05, 3.63) is 29.3 Å². The third-order valence-electron chi connectivity index (χ3n) is 3.19. The van der Waals surface area contributed by atoms with Crippen molar-refractivity contribution in [3.63, 3.8) is 0 Å². The average molecular weight is 250 g/mol. The van der Waals surface area contributed by atoms with E-state index in [1.165, 1.54) is 11.1 Å². The molecule has 1 aromatic carbocycles. The molecule has 1 rings (SSSR count). The van der Waals surface area contributed by atoms with Crippen molar-refractivity contribution in [3.8, 4) is 5.75 Å². The summed E-state index contributed by atoms with van der Waals surface area (Å²) < 4.78 is 5.58. The molecule has 0 saturated carbocycles. The summed E-state index contributed by atoms with van der Waals surface area (Å²) in [6.45, 7) is 5.58. The van der Waals surface area contributed by atoms with Crippen molar-refractivity contribution in [1.82, 2.24) is 4.90 Å². The molecule has 18 heavy (non-hydrogen) atoms. The van der Waals surface area contributed by atoms with Gasteiger partial charge in [0.1, 0.15) is 5.75 Å². The first-order valence-corrected chi connectivity index (χ1v) is 6.70. The predicted molar refractivity (Wildman–Crippen MR) is 77.1 cm³/mol. The number of benzene rings is 1. The molecule has 3 nitrogen and oxygen atoms in total. The Balaban J connectivity index is 2.88. The minimum Gasteiger partial charge on any atom is -0.494 e. The summed E-state index contributed by atoms with van der Waals surface area (Å²) in [4.78, 5) is 2.25. The number of hydrogen-bond donors (Lipinski definition) is 1. The molecule has 0 bridgehead atoms. The van der Waals surface area contributed by atoms with Crippen LogP contribution in [0.15, 0.2) is 18.2 Å². The fraction of sp³-hybridized carbons (Fsp3) is 0.600. The van der Waals surface area contributed by atoms with Gasteiger partial charge in [-0.15, -0.1) is 0 Å². The first-order chi connectivity index (χ1) is 8.60. The van der Waals surface area contributed by atoms with Crippen LogP contribution in [0.1, 0.15) is 36.9 Å². The first-order valence-electron chi connectivity index (χ1n) is 6.70. The second-order valence-corrected chi connectivity index (χ2v) is 4.87. The highest BCUT2D eigenvalue weighted by Gasteiger charge is 2.14. The molecule has 2 N–H and O–H groups in total. The molecule has 1 atom stereocenters. The van der Waals surface area contributed by atoms with Crippen molar-refractivity contribution in [2.45, 2.75) is 32.7 Å². The summed E-state index contributed by atoms with van der Waals surface area (Å²) in [5.74, 6) is 0.984. The molecule has 0 aliphatic heterocycles. The number of ether oxygens (including phenoxy) is 1. The zero-order valence-corrected chi connectivity index (χ0v) is 12.1. The van der Waals surface area contributed by atoms with E-state index in [4.69, 9.17) is 10.5 Å². The van der Waals surface area contributed by atoms with E-state index >= 15 is 0 Å². The Morgan fingerprint density at radius 1 is 1.33 bits per heavy atom. The highest BCUT2D eigenvalue weighted by molar-refractivity contribution is 5.37. The van der Waals surface area contributed by atoms with Gasteiger partial charge in [0.05, 0.1) is 6.61 Å². The highest BCUT2D eigenvalue weighted by atomic mass is 16.5. The van der Waals surface area contributed by atoms with Gasteiger partial charge in [-0.05, 0) is 64.5 Å². The SMILES string of the molecule is CCOc1ccc(C(CCCN)N(C)C)cc1C. The summed E-state index contributed by atoms with van der Waals surface area (Å²) in [6, 6.07) is 6.90. The Morgan fingerprint density at radius 3 is 2.56 bits per heavy atom. The van der Waals surface area contributed by atoms with Crippen LogP contribution in [-0.2, 0) is 0 Å². The smallest absolute Gasteiger partial charge is 0.122 e. The van der Waals surface area contributed by atoms with Crippen LogP contribution < -0.4 is 10.5 Å². The maximum absolute atomic E-state index is 5.61. The number of aryl methyl sites for hydroxylation is 1. The van der Waals surface area contributed by atoms with Gasteiger partial charge < -0.3 is 15.4 Å². The molecule has 0 aliphatic rings. The van der Waals surface area contributed by atoms with Gasteiger partial charge >= 0.3 is 0 Å². The van der Waals surface area contributed by atoms with Crippen molar-refractivity contribution >= 4 is 0 Å². The summed E-state index contributed by atoms with van der Waals surface area (Å²) >= 11 is 0. The fourth-order valence-electron chi connectivity index (χ4n) is 2.23. The van der Waals surface area contributed by atoms with Crippen LogP contribution in [0.3, 0.4) is 0 Å². The minimum absolute atomic E-state index is 0.433. The zero-order chi connectivity index (χ0) is 13.5. The summed E-state index contributed by atoms with van der Waals surface area (Å²) in [5, 5.41) is 0. The van der Waals surface area contributed by atoms with E-state index in [9.17, 15) is 0 Å². The van der Waals surface area contributed by atoms with Crippen LogP contribution in [-0.4, -0.2) is 32.1 Å². The van der Waals surface area contributed by atoms with Gasteiger partial charge in [0, 0.05) is 6.04 Å². The van der Waals surface area contributed by atoms with Gasteiger partial charge in [-0.3, -0.25) is 0 Å². The molecule has 0 aromatic heterocycles. The largest absolute Gasteiger partial charge is 0.494 e. The second-order valence-electron chi connectivity index (χ2n) is 4.87. The van der Waals surface area contributed by atoms with Crippen LogP contribution in [0.5, 0.6) is 5.75 Å². The third-order valence-corrected chi connectivity index (χ3v) is 3.19. The Bertz CT molecular complexity index is 364. The molecular weight excluding hydrogens is 224 g/mol. The fourth-order valence-corrected chi connectivity index (χ4v) is 2.23. The maximum Gasteiger partial charge on any atom is 0.122 e. The molecule has 0 fully saturated rings. The molecule has 102 valence electrons. The van der Waals surface area contributed by atoms with E-state index in [1.807, 2.05) is 6.92 Å². The molecule has 0 amide bonds. The number of nitrogens with two attached hydrogens (primary N) is 1. The summed E-state index contributed by atoms with van der Waals surface area (Å²) in [5.41, 5.74) is 8.15. The number of hydrogen-bond acceptors (Lipinski definition) is 3. The molecule has 1 unspecified atom stereocenters. The van der Waals surface area contributed by atoms with Gasteiger partial charge in [-0.25, -0.2) is 0 Å². The highest BCUT2D eigenvalue weighted by Crippen LogP contribution is 2.27. The quantitative estimate of drug-likeness (QED) is 0.808. The zero-order valence-electron chi connectivity index (χ0n) is 12.1. The molecule has 0 saturated heterocycles. The third kappa shape index (κ3) is 4.00. The Morgan fingerprint density at radius 2 is 2.06 bits per heavy atom. The van der Waals surface area contributed by atoms with Gasteiger partial charge in [-0.1, -0.05) is 12.1 Å². The lowest BCUT2D eigenvalue weighted by atomic mass is 9.99. The molecule has 0 radical (unpaired) electrons. The van der Waals surface area contributed by atoms with Crippen molar-refractivity contribution in [2.24, 2.45) is 5.73 Å². The standard InChI is InChI=1S/C15H26N2O/c1-5-18-15-9-8-13(11-12(15)2)14(17(3)4)7-6-10-16/h8-9,11,14H,5-7,10,16H2,1-4H3. The Hall–Kier alpha value is -1.06. The van der Waals surface area contributed by atoms with Crippen LogP contribution in [0, 0.1) is 6.92 Å². The number of rotatable bonds is 7. The van der Waals surface area contributed by atoms with E-state index in [-0.39, 0.29) is 0 Å². The molecule has 0 heterocycles. The molecule has 1 aromatic rings. The van der Waals surface area contributed by atoms with Gasteiger partial charge in [-0.2, -0.15) is 0 Å². The second kappa shape index (κ2) is 7.39. The van der Waals surface area contributed by atoms with E-state index in [0.29, 0.717) is 12.6 Å². The molecule has 0 spiro atoms. The molecule has 3 heteroatoms. The molecular formula is C15H26N2O.